The lowest BCUT2D eigenvalue weighted by Gasteiger charge is -2.14. The fourth-order valence-electron chi connectivity index (χ4n) is 2.09. The molecule has 2 aromatic carbocycles. The first-order chi connectivity index (χ1) is 10.8. The van der Waals surface area contributed by atoms with E-state index >= 15 is 0 Å². The molecule has 0 aliphatic carbocycles. The van der Waals surface area contributed by atoms with Crippen molar-refractivity contribution in [1.29, 1.82) is 0 Å². The summed E-state index contributed by atoms with van der Waals surface area (Å²) in [5.74, 6) is -0.290. The van der Waals surface area contributed by atoms with Crippen molar-refractivity contribution in [1.82, 2.24) is 9.62 Å². The maximum Gasteiger partial charge on any atom is 0.251 e. The van der Waals surface area contributed by atoms with Crippen LogP contribution in [0.15, 0.2) is 53.4 Å². The highest BCUT2D eigenvalue weighted by atomic mass is 32.2. The Balaban J connectivity index is 2.23. The molecule has 0 atom stereocenters. The molecular formula is C17H20N2O3S. The Hall–Kier alpha value is -2.18. The monoisotopic (exact) mass is 332 g/mol. The largest absolute Gasteiger partial charge is 0.348 e. The minimum Gasteiger partial charge on any atom is -0.348 e. The van der Waals surface area contributed by atoms with Gasteiger partial charge in [0.1, 0.15) is 0 Å². The van der Waals surface area contributed by atoms with Gasteiger partial charge in [-0.05, 0) is 30.2 Å². The molecule has 0 aromatic heterocycles. The Morgan fingerprint density at radius 1 is 1.09 bits per heavy atom. The average Bonchev–Trinajstić information content (AvgIpc) is 2.53. The van der Waals surface area contributed by atoms with E-state index in [-0.39, 0.29) is 10.8 Å². The van der Waals surface area contributed by atoms with Gasteiger partial charge < -0.3 is 5.32 Å². The molecule has 0 bridgehead atoms. The van der Waals surface area contributed by atoms with Crippen molar-refractivity contribution in [3.63, 3.8) is 0 Å². The van der Waals surface area contributed by atoms with E-state index in [1.807, 2.05) is 30.3 Å². The molecule has 0 saturated carbocycles. The number of benzene rings is 2. The highest BCUT2D eigenvalue weighted by molar-refractivity contribution is 7.89. The van der Waals surface area contributed by atoms with Crippen LogP contribution in [0.25, 0.3) is 0 Å². The van der Waals surface area contributed by atoms with Crippen LogP contribution >= 0.6 is 0 Å². The minimum absolute atomic E-state index is 0.109. The molecule has 0 fully saturated rings. The van der Waals surface area contributed by atoms with Crippen LogP contribution < -0.4 is 5.32 Å². The van der Waals surface area contributed by atoms with Gasteiger partial charge in [-0.3, -0.25) is 4.79 Å². The van der Waals surface area contributed by atoms with E-state index in [0.29, 0.717) is 12.1 Å². The molecule has 0 unspecified atom stereocenters. The molecule has 0 radical (unpaired) electrons. The van der Waals surface area contributed by atoms with Gasteiger partial charge in [0.05, 0.1) is 4.90 Å². The Kier molecular flexibility index (Phi) is 5.18. The maximum absolute atomic E-state index is 12.4. The number of hydrogen-bond acceptors (Lipinski definition) is 3. The van der Waals surface area contributed by atoms with Gasteiger partial charge >= 0.3 is 0 Å². The summed E-state index contributed by atoms with van der Waals surface area (Å²) >= 11 is 0. The summed E-state index contributed by atoms with van der Waals surface area (Å²) in [4.78, 5) is 12.5. The van der Waals surface area contributed by atoms with E-state index in [2.05, 4.69) is 5.32 Å². The molecule has 23 heavy (non-hydrogen) atoms. The smallest absolute Gasteiger partial charge is 0.251 e. The molecular weight excluding hydrogens is 312 g/mol. The molecule has 2 aromatic rings. The number of nitrogens with one attached hydrogen (secondary N) is 1. The Bertz CT molecular complexity index is 800. The normalized spacial score (nSPS) is 11.5. The van der Waals surface area contributed by atoms with Gasteiger partial charge in [-0.15, -0.1) is 0 Å². The Morgan fingerprint density at radius 2 is 1.74 bits per heavy atom. The molecule has 0 heterocycles. The number of nitrogens with zero attached hydrogens (tertiary/aromatic N) is 1. The molecule has 1 amide bonds. The van der Waals surface area contributed by atoms with Gasteiger partial charge in [-0.25, -0.2) is 12.7 Å². The van der Waals surface area contributed by atoms with Crippen LogP contribution in [-0.2, 0) is 16.6 Å². The molecule has 0 spiro atoms. The van der Waals surface area contributed by atoms with Crippen LogP contribution in [0.5, 0.6) is 0 Å². The maximum atomic E-state index is 12.4. The number of sulfonamides is 1. The first kappa shape index (κ1) is 17.2. The van der Waals surface area contributed by atoms with E-state index in [4.69, 9.17) is 0 Å². The first-order valence-electron chi connectivity index (χ1n) is 7.17. The first-order valence-corrected chi connectivity index (χ1v) is 8.61. The Morgan fingerprint density at radius 3 is 2.35 bits per heavy atom. The number of rotatable bonds is 5. The molecule has 0 aliphatic heterocycles. The summed E-state index contributed by atoms with van der Waals surface area (Å²) in [6.45, 7) is 2.17. The van der Waals surface area contributed by atoms with Crippen LogP contribution in [0.1, 0.15) is 21.5 Å². The van der Waals surface area contributed by atoms with Gasteiger partial charge in [0.2, 0.25) is 10.0 Å². The molecule has 5 nitrogen and oxygen atoms in total. The zero-order valence-electron chi connectivity index (χ0n) is 13.4. The van der Waals surface area contributed by atoms with E-state index in [1.165, 1.54) is 26.2 Å². The average molecular weight is 332 g/mol. The summed E-state index contributed by atoms with van der Waals surface area (Å²) in [6.07, 6.45) is 0. The van der Waals surface area contributed by atoms with Crippen molar-refractivity contribution in [3.8, 4) is 0 Å². The van der Waals surface area contributed by atoms with E-state index in [0.717, 1.165) is 15.4 Å². The van der Waals surface area contributed by atoms with Gasteiger partial charge in [0, 0.05) is 26.2 Å². The summed E-state index contributed by atoms with van der Waals surface area (Å²) in [6, 6.07) is 14.1. The van der Waals surface area contributed by atoms with Crippen molar-refractivity contribution in [2.75, 3.05) is 14.1 Å². The fourth-order valence-corrected chi connectivity index (χ4v) is 3.02. The number of amides is 1. The van der Waals surface area contributed by atoms with Crippen LogP contribution in [-0.4, -0.2) is 32.7 Å². The van der Waals surface area contributed by atoms with Gasteiger partial charge in [0.15, 0.2) is 0 Å². The van der Waals surface area contributed by atoms with Gasteiger partial charge in [0.25, 0.3) is 5.91 Å². The predicted molar refractivity (Wildman–Crippen MR) is 89.7 cm³/mol. The summed E-state index contributed by atoms with van der Waals surface area (Å²) in [7, 11) is -0.638. The molecule has 2 rings (SSSR count). The molecule has 0 saturated heterocycles. The van der Waals surface area contributed by atoms with Crippen LogP contribution in [0.3, 0.4) is 0 Å². The quantitative estimate of drug-likeness (QED) is 0.912. The van der Waals surface area contributed by atoms with E-state index in [9.17, 15) is 13.2 Å². The predicted octanol–water partition coefficient (Wildman–Crippen LogP) is 2.18. The zero-order chi connectivity index (χ0) is 17.0. The lowest BCUT2D eigenvalue weighted by Crippen LogP contribution is -2.25. The van der Waals surface area contributed by atoms with Crippen LogP contribution in [0.2, 0.25) is 0 Å². The topological polar surface area (TPSA) is 66.5 Å². The second kappa shape index (κ2) is 6.93. The number of carbonyl (C=O) groups excluding carboxylic acids is 1. The number of hydrogen-bond donors (Lipinski definition) is 1. The lowest BCUT2D eigenvalue weighted by atomic mass is 10.1. The van der Waals surface area contributed by atoms with Crippen molar-refractivity contribution in [2.45, 2.75) is 18.4 Å². The SMILES string of the molecule is Cc1ccc(S(=O)(=O)N(C)C)cc1C(=O)NCc1ccccc1. The molecule has 0 aliphatic rings. The van der Waals surface area contributed by atoms with E-state index in [1.54, 1.807) is 13.0 Å². The standard InChI is InChI=1S/C17H20N2O3S/c1-13-9-10-15(23(21,22)19(2)3)11-16(13)17(20)18-12-14-7-5-4-6-8-14/h4-11H,12H2,1-3H3,(H,18,20). The zero-order valence-corrected chi connectivity index (χ0v) is 14.2. The minimum atomic E-state index is -3.56. The van der Waals surface area contributed by atoms with Crippen LogP contribution in [0.4, 0.5) is 0 Å². The third-order valence-corrected chi connectivity index (χ3v) is 5.34. The van der Waals surface area contributed by atoms with Crippen molar-refractivity contribution in [3.05, 3.63) is 65.2 Å². The van der Waals surface area contributed by atoms with Gasteiger partial charge in [-0.1, -0.05) is 36.4 Å². The molecule has 6 heteroatoms. The third kappa shape index (κ3) is 3.97. The third-order valence-electron chi connectivity index (χ3n) is 3.53. The fraction of sp³-hybridized carbons (Fsp3) is 0.235. The Labute approximate surface area is 137 Å². The second-order valence-electron chi connectivity index (χ2n) is 5.43. The summed E-state index contributed by atoms with van der Waals surface area (Å²) in [5.41, 5.74) is 2.08. The van der Waals surface area contributed by atoms with Crippen molar-refractivity contribution in [2.24, 2.45) is 0 Å². The second-order valence-corrected chi connectivity index (χ2v) is 7.58. The molecule has 122 valence electrons. The van der Waals surface area contributed by atoms with Crippen molar-refractivity contribution < 1.29 is 13.2 Å². The van der Waals surface area contributed by atoms with Crippen LogP contribution in [0, 0.1) is 6.92 Å². The van der Waals surface area contributed by atoms with Gasteiger partial charge in [-0.2, -0.15) is 0 Å². The lowest BCUT2D eigenvalue weighted by molar-refractivity contribution is 0.0950. The van der Waals surface area contributed by atoms with E-state index < -0.39 is 10.0 Å². The highest BCUT2D eigenvalue weighted by Gasteiger charge is 2.20. The summed E-state index contributed by atoms with van der Waals surface area (Å²) in [5, 5.41) is 2.82. The van der Waals surface area contributed by atoms with Crippen molar-refractivity contribution >= 4 is 15.9 Å². The summed E-state index contributed by atoms with van der Waals surface area (Å²) < 4.78 is 25.5. The number of aryl methyl sites for hydroxylation is 1. The number of carbonyl (C=O) groups is 1. The highest BCUT2D eigenvalue weighted by Crippen LogP contribution is 2.18. The molecule has 1 N–H and O–H groups in total.